The van der Waals surface area contributed by atoms with Gasteiger partial charge in [-0.15, -0.1) is 0 Å². The van der Waals surface area contributed by atoms with E-state index in [1.807, 2.05) is 4.68 Å². The third-order valence-corrected chi connectivity index (χ3v) is 3.61. The van der Waals surface area contributed by atoms with Crippen LogP contribution in [0.15, 0.2) is 48.8 Å². The van der Waals surface area contributed by atoms with E-state index >= 15 is 0 Å². The second-order valence-corrected chi connectivity index (χ2v) is 5.46. The molecule has 0 atom stereocenters. The fourth-order valence-corrected chi connectivity index (χ4v) is 2.59. The number of nitrogens with zero attached hydrogens (tertiary/aromatic N) is 3. The van der Waals surface area contributed by atoms with Gasteiger partial charge in [0.15, 0.2) is 0 Å². The Bertz CT molecular complexity index is 725. The molecule has 4 nitrogen and oxygen atoms in total. The lowest BCUT2D eigenvalue weighted by Crippen LogP contribution is -2.18. The van der Waals surface area contributed by atoms with E-state index in [0.29, 0.717) is 6.04 Å². The van der Waals surface area contributed by atoms with Gasteiger partial charge in [0.1, 0.15) is 12.2 Å². The number of fused-ring (bicyclic) bond motifs is 1. The summed E-state index contributed by atoms with van der Waals surface area (Å²) in [5.74, 6) is 0.977. The van der Waals surface area contributed by atoms with Crippen LogP contribution in [0.25, 0.3) is 10.8 Å². The van der Waals surface area contributed by atoms with Crippen LogP contribution in [-0.4, -0.2) is 14.8 Å². The molecule has 3 aromatic rings. The minimum absolute atomic E-state index is 0.335. The molecule has 0 amide bonds. The van der Waals surface area contributed by atoms with Gasteiger partial charge in [0.25, 0.3) is 0 Å². The van der Waals surface area contributed by atoms with Gasteiger partial charge in [-0.25, -0.2) is 9.67 Å². The van der Waals surface area contributed by atoms with Crippen molar-refractivity contribution in [1.82, 2.24) is 20.1 Å². The van der Waals surface area contributed by atoms with Gasteiger partial charge in [-0.1, -0.05) is 42.5 Å². The van der Waals surface area contributed by atoms with Crippen molar-refractivity contribution in [1.29, 1.82) is 0 Å². The molecule has 0 aliphatic rings. The third kappa shape index (κ3) is 2.95. The van der Waals surface area contributed by atoms with Crippen molar-refractivity contribution in [3.8, 4) is 0 Å². The summed E-state index contributed by atoms with van der Waals surface area (Å²) < 4.78 is 1.95. The van der Waals surface area contributed by atoms with Crippen LogP contribution in [0.3, 0.4) is 0 Å². The molecule has 0 bridgehead atoms. The van der Waals surface area contributed by atoms with Gasteiger partial charge in [-0.05, 0) is 30.2 Å². The maximum atomic E-state index is 4.32. The fraction of sp³-hybridized carbons (Fsp3) is 0.294. The highest BCUT2D eigenvalue weighted by molar-refractivity contribution is 5.85. The van der Waals surface area contributed by atoms with E-state index in [9.17, 15) is 0 Å². The van der Waals surface area contributed by atoms with Crippen molar-refractivity contribution in [3.05, 3.63) is 60.2 Å². The number of rotatable bonds is 5. The summed E-state index contributed by atoms with van der Waals surface area (Å²) in [6, 6.07) is 15.2. The molecule has 1 aromatic heterocycles. The summed E-state index contributed by atoms with van der Waals surface area (Å²) in [5, 5.41) is 10.3. The van der Waals surface area contributed by atoms with Crippen LogP contribution in [-0.2, 0) is 13.1 Å². The van der Waals surface area contributed by atoms with E-state index < -0.39 is 0 Å². The molecular formula is C17H20N4. The van der Waals surface area contributed by atoms with Crippen LogP contribution in [0.2, 0.25) is 0 Å². The largest absolute Gasteiger partial charge is 0.306 e. The molecule has 1 heterocycles. The lowest BCUT2D eigenvalue weighted by atomic mass is 10.0. The van der Waals surface area contributed by atoms with Gasteiger partial charge in [-0.2, -0.15) is 5.10 Å². The zero-order valence-corrected chi connectivity index (χ0v) is 12.5. The summed E-state index contributed by atoms with van der Waals surface area (Å²) >= 11 is 0. The lowest BCUT2D eigenvalue weighted by Gasteiger charge is -2.11. The average Bonchev–Trinajstić information content (AvgIpc) is 2.96. The Morgan fingerprint density at radius 3 is 2.71 bits per heavy atom. The summed E-state index contributed by atoms with van der Waals surface area (Å²) in [6.45, 7) is 5.78. The first-order valence-electron chi connectivity index (χ1n) is 7.31. The van der Waals surface area contributed by atoms with E-state index in [-0.39, 0.29) is 0 Å². The first-order valence-corrected chi connectivity index (χ1v) is 7.31. The Morgan fingerprint density at radius 2 is 1.86 bits per heavy atom. The van der Waals surface area contributed by atoms with E-state index in [4.69, 9.17) is 0 Å². The molecule has 0 radical (unpaired) electrons. The predicted octanol–water partition coefficient (Wildman–Crippen LogP) is 3.30. The standard InChI is InChI=1S/C17H20N4/c1-13(2)21-17(19-12-20-21)11-18-10-15-8-5-7-14-6-3-4-9-16(14)15/h3-9,12-13,18H,10-11H2,1-2H3. The minimum Gasteiger partial charge on any atom is -0.306 e. The third-order valence-electron chi connectivity index (χ3n) is 3.61. The Kier molecular flexibility index (Phi) is 3.97. The topological polar surface area (TPSA) is 42.7 Å². The zero-order chi connectivity index (χ0) is 14.7. The first kappa shape index (κ1) is 13.8. The van der Waals surface area contributed by atoms with Crippen LogP contribution < -0.4 is 5.32 Å². The van der Waals surface area contributed by atoms with E-state index in [1.165, 1.54) is 16.3 Å². The maximum Gasteiger partial charge on any atom is 0.141 e. The first-order chi connectivity index (χ1) is 10.3. The molecule has 0 unspecified atom stereocenters. The number of benzene rings is 2. The molecule has 0 spiro atoms. The second-order valence-electron chi connectivity index (χ2n) is 5.46. The van der Waals surface area contributed by atoms with E-state index in [2.05, 4.69) is 71.7 Å². The minimum atomic E-state index is 0.335. The van der Waals surface area contributed by atoms with E-state index in [0.717, 1.165) is 18.9 Å². The quantitative estimate of drug-likeness (QED) is 0.779. The summed E-state index contributed by atoms with van der Waals surface area (Å²) in [7, 11) is 0. The van der Waals surface area contributed by atoms with Gasteiger partial charge in [0.2, 0.25) is 0 Å². The van der Waals surface area contributed by atoms with Crippen LogP contribution in [0, 0.1) is 0 Å². The Hall–Kier alpha value is -2.20. The highest BCUT2D eigenvalue weighted by atomic mass is 15.3. The van der Waals surface area contributed by atoms with Crippen molar-refractivity contribution in [2.75, 3.05) is 0 Å². The van der Waals surface area contributed by atoms with Gasteiger partial charge in [-0.3, -0.25) is 0 Å². The molecule has 0 saturated carbocycles. The SMILES string of the molecule is CC(C)n1ncnc1CNCc1cccc2ccccc12. The van der Waals surface area contributed by atoms with Gasteiger partial charge in [0.05, 0.1) is 6.54 Å². The van der Waals surface area contributed by atoms with Crippen molar-refractivity contribution >= 4 is 10.8 Å². The van der Waals surface area contributed by atoms with Crippen LogP contribution in [0.5, 0.6) is 0 Å². The molecule has 21 heavy (non-hydrogen) atoms. The second kappa shape index (κ2) is 6.06. The molecule has 1 N–H and O–H groups in total. The zero-order valence-electron chi connectivity index (χ0n) is 12.5. The van der Waals surface area contributed by atoms with Gasteiger partial charge in [0, 0.05) is 12.6 Å². The lowest BCUT2D eigenvalue weighted by molar-refractivity contribution is 0.490. The maximum absolute atomic E-state index is 4.32. The summed E-state index contributed by atoms with van der Waals surface area (Å²) in [6.07, 6.45) is 1.62. The smallest absolute Gasteiger partial charge is 0.141 e. The fourth-order valence-electron chi connectivity index (χ4n) is 2.59. The van der Waals surface area contributed by atoms with Crippen LogP contribution >= 0.6 is 0 Å². The normalized spacial score (nSPS) is 11.4. The van der Waals surface area contributed by atoms with E-state index in [1.54, 1.807) is 6.33 Å². The molecule has 2 aromatic carbocycles. The number of hydrogen-bond donors (Lipinski definition) is 1. The Labute approximate surface area is 124 Å². The average molecular weight is 280 g/mol. The van der Waals surface area contributed by atoms with Crippen molar-refractivity contribution < 1.29 is 0 Å². The van der Waals surface area contributed by atoms with Crippen LogP contribution in [0.1, 0.15) is 31.3 Å². The molecule has 0 fully saturated rings. The van der Waals surface area contributed by atoms with Crippen LogP contribution in [0.4, 0.5) is 0 Å². The molecular weight excluding hydrogens is 260 g/mol. The van der Waals surface area contributed by atoms with Crippen molar-refractivity contribution in [2.45, 2.75) is 33.0 Å². The Balaban J connectivity index is 1.71. The molecule has 4 heteroatoms. The highest BCUT2D eigenvalue weighted by Gasteiger charge is 2.07. The number of aromatic nitrogens is 3. The van der Waals surface area contributed by atoms with Gasteiger partial charge < -0.3 is 5.32 Å². The molecule has 108 valence electrons. The summed E-state index contributed by atoms with van der Waals surface area (Å²) in [5.41, 5.74) is 1.31. The number of nitrogens with one attached hydrogen (secondary N) is 1. The molecule has 0 aliphatic heterocycles. The number of hydrogen-bond acceptors (Lipinski definition) is 3. The molecule has 0 saturated heterocycles. The van der Waals surface area contributed by atoms with Crippen molar-refractivity contribution in [2.24, 2.45) is 0 Å². The van der Waals surface area contributed by atoms with Gasteiger partial charge >= 0.3 is 0 Å². The highest BCUT2D eigenvalue weighted by Crippen LogP contribution is 2.18. The predicted molar refractivity (Wildman–Crippen MR) is 84.9 cm³/mol. The molecule has 3 rings (SSSR count). The summed E-state index contributed by atoms with van der Waals surface area (Å²) in [4.78, 5) is 4.32. The van der Waals surface area contributed by atoms with Crippen molar-refractivity contribution in [3.63, 3.8) is 0 Å². The monoisotopic (exact) mass is 280 g/mol. The Morgan fingerprint density at radius 1 is 1.05 bits per heavy atom. The molecule has 0 aliphatic carbocycles.